The van der Waals surface area contributed by atoms with E-state index in [1.54, 1.807) is 0 Å². The fourth-order valence-electron chi connectivity index (χ4n) is 2.49. The number of anilines is 1. The molecule has 0 amide bonds. The summed E-state index contributed by atoms with van der Waals surface area (Å²) in [5.74, 6) is 0. The summed E-state index contributed by atoms with van der Waals surface area (Å²) in [5.41, 5.74) is 1.77. The van der Waals surface area contributed by atoms with Gasteiger partial charge in [0.2, 0.25) is 0 Å². The first-order chi connectivity index (χ1) is 8.72. The van der Waals surface area contributed by atoms with Gasteiger partial charge in [-0.1, -0.05) is 15.9 Å². The Hall–Kier alpha value is -1.05. The molecule has 0 aliphatic carbocycles. The summed E-state index contributed by atoms with van der Waals surface area (Å²) in [4.78, 5) is 2.26. The summed E-state index contributed by atoms with van der Waals surface area (Å²) in [6, 6.07) is 8.73. The molecule has 1 aromatic carbocycles. The highest BCUT2D eigenvalue weighted by Crippen LogP contribution is 2.26. The molecule has 1 aromatic rings. The molecule has 1 fully saturated rings. The normalized spacial score (nSPS) is 19.9. The molecule has 4 heteroatoms. The number of benzene rings is 1. The SMILES string of the molecule is CN(c1ccc(Br)cc1C#N)C1CCCNCC1. The minimum Gasteiger partial charge on any atom is -0.370 e. The predicted octanol–water partition coefficient (Wildman–Crippen LogP) is 2.90. The lowest BCUT2D eigenvalue weighted by molar-refractivity contribution is 0.566. The Morgan fingerprint density at radius 2 is 2.22 bits per heavy atom. The maximum absolute atomic E-state index is 9.24. The third kappa shape index (κ3) is 3.04. The molecule has 18 heavy (non-hydrogen) atoms. The molecule has 0 bridgehead atoms. The van der Waals surface area contributed by atoms with E-state index in [1.165, 1.54) is 12.8 Å². The predicted molar refractivity (Wildman–Crippen MR) is 77.8 cm³/mol. The third-order valence-corrected chi connectivity index (χ3v) is 4.05. The Morgan fingerprint density at radius 1 is 1.39 bits per heavy atom. The van der Waals surface area contributed by atoms with E-state index in [1.807, 2.05) is 18.2 Å². The van der Waals surface area contributed by atoms with Crippen LogP contribution in [0.4, 0.5) is 5.69 Å². The van der Waals surface area contributed by atoms with E-state index in [0.29, 0.717) is 6.04 Å². The van der Waals surface area contributed by atoms with Gasteiger partial charge in [0.05, 0.1) is 11.3 Å². The van der Waals surface area contributed by atoms with Gasteiger partial charge in [-0.3, -0.25) is 0 Å². The van der Waals surface area contributed by atoms with E-state index in [2.05, 4.69) is 39.3 Å². The van der Waals surface area contributed by atoms with Crippen molar-refractivity contribution < 1.29 is 0 Å². The van der Waals surface area contributed by atoms with Gasteiger partial charge in [-0.15, -0.1) is 0 Å². The first kappa shape index (κ1) is 13.4. The molecular weight excluding hydrogens is 290 g/mol. The largest absolute Gasteiger partial charge is 0.370 e. The smallest absolute Gasteiger partial charge is 0.101 e. The highest BCUT2D eigenvalue weighted by atomic mass is 79.9. The van der Waals surface area contributed by atoms with Crippen LogP contribution in [0.2, 0.25) is 0 Å². The third-order valence-electron chi connectivity index (χ3n) is 3.55. The van der Waals surface area contributed by atoms with E-state index in [9.17, 15) is 5.26 Å². The van der Waals surface area contributed by atoms with Crippen LogP contribution in [0.1, 0.15) is 24.8 Å². The van der Waals surface area contributed by atoms with Crippen LogP contribution >= 0.6 is 15.9 Å². The van der Waals surface area contributed by atoms with Crippen molar-refractivity contribution in [1.29, 1.82) is 5.26 Å². The van der Waals surface area contributed by atoms with E-state index >= 15 is 0 Å². The van der Waals surface area contributed by atoms with Crippen molar-refractivity contribution in [3.63, 3.8) is 0 Å². The van der Waals surface area contributed by atoms with Crippen molar-refractivity contribution in [2.45, 2.75) is 25.3 Å². The Morgan fingerprint density at radius 3 is 3.00 bits per heavy atom. The molecule has 1 unspecified atom stereocenters. The van der Waals surface area contributed by atoms with Crippen LogP contribution in [0.5, 0.6) is 0 Å². The van der Waals surface area contributed by atoms with Crippen LogP contribution in [-0.2, 0) is 0 Å². The minimum absolute atomic E-state index is 0.522. The molecule has 96 valence electrons. The number of halogens is 1. The summed E-state index contributed by atoms with van der Waals surface area (Å²) in [6.45, 7) is 2.17. The van der Waals surface area contributed by atoms with Crippen molar-refractivity contribution in [2.75, 3.05) is 25.0 Å². The number of nitrogens with zero attached hydrogens (tertiary/aromatic N) is 2. The van der Waals surface area contributed by atoms with Crippen LogP contribution in [0.15, 0.2) is 22.7 Å². The molecule has 1 heterocycles. The number of hydrogen-bond acceptors (Lipinski definition) is 3. The molecule has 0 saturated carbocycles. The van der Waals surface area contributed by atoms with Crippen molar-refractivity contribution >= 4 is 21.6 Å². The summed E-state index contributed by atoms with van der Waals surface area (Å²) in [5, 5.41) is 12.7. The zero-order valence-electron chi connectivity index (χ0n) is 10.6. The van der Waals surface area contributed by atoms with Crippen LogP contribution < -0.4 is 10.2 Å². The van der Waals surface area contributed by atoms with Crippen LogP contribution in [0.3, 0.4) is 0 Å². The Balaban J connectivity index is 2.22. The molecule has 2 rings (SSSR count). The van der Waals surface area contributed by atoms with E-state index in [0.717, 1.165) is 35.2 Å². The monoisotopic (exact) mass is 307 g/mol. The van der Waals surface area contributed by atoms with Gasteiger partial charge < -0.3 is 10.2 Å². The van der Waals surface area contributed by atoms with Gasteiger partial charge >= 0.3 is 0 Å². The van der Waals surface area contributed by atoms with Gasteiger partial charge in [-0.25, -0.2) is 0 Å². The van der Waals surface area contributed by atoms with Crippen LogP contribution in [0.25, 0.3) is 0 Å². The molecule has 0 spiro atoms. The van der Waals surface area contributed by atoms with Crippen molar-refractivity contribution in [2.24, 2.45) is 0 Å². The Labute approximate surface area is 117 Å². The van der Waals surface area contributed by atoms with E-state index < -0.39 is 0 Å². The molecule has 1 saturated heterocycles. The topological polar surface area (TPSA) is 39.1 Å². The van der Waals surface area contributed by atoms with E-state index in [4.69, 9.17) is 0 Å². The molecule has 1 N–H and O–H groups in total. The lowest BCUT2D eigenvalue weighted by Gasteiger charge is -2.29. The highest BCUT2D eigenvalue weighted by Gasteiger charge is 2.19. The summed E-state index contributed by atoms with van der Waals surface area (Å²) in [7, 11) is 2.10. The second kappa shape index (κ2) is 6.21. The van der Waals surface area contributed by atoms with Gasteiger partial charge in [-0.05, 0) is 50.6 Å². The first-order valence-electron chi connectivity index (χ1n) is 6.35. The van der Waals surface area contributed by atoms with Crippen molar-refractivity contribution in [3.8, 4) is 6.07 Å². The number of nitrogens with one attached hydrogen (secondary N) is 1. The molecule has 3 nitrogen and oxygen atoms in total. The summed E-state index contributed by atoms with van der Waals surface area (Å²) < 4.78 is 0.957. The zero-order valence-corrected chi connectivity index (χ0v) is 12.2. The average Bonchev–Trinajstić information content (AvgIpc) is 2.66. The Bertz CT molecular complexity index is 445. The second-order valence-electron chi connectivity index (χ2n) is 4.72. The van der Waals surface area contributed by atoms with Gasteiger partial charge in [0.25, 0.3) is 0 Å². The number of hydrogen-bond donors (Lipinski definition) is 1. The molecule has 1 aliphatic heterocycles. The van der Waals surface area contributed by atoms with Gasteiger partial charge in [0.1, 0.15) is 6.07 Å². The lowest BCUT2D eigenvalue weighted by atomic mass is 10.1. The molecule has 1 atom stereocenters. The number of rotatable bonds is 2. The minimum atomic E-state index is 0.522. The lowest BCUT2D eigenvalue weighted by Crippen LogP contribution is -2.32. The Kier molecular flexibility index (Phi) is 4.62. The number of nitriles is 1. The maximum atomic E-state index is 9.24. The second-order valence-corrected chi connectivity index (χ2v) is 5.63. The van der Waals surface area contributed by atoms with E-state index in [-0.39, 0.29) is 0 Å². The highest BCUT2D eigenvalue weighted by molar-refractivity contribution is 9.10. The quantitative estimate of drug-likeness (QED) is 0.913. The summed E-state index contributed by atoms with van der Waals surface area (Å²) >= 11 is 3.42. The fourth-order valence-corrected chi connectivity index (χ4v) is 2.85. The fraction of sp³-hybridized carbons (Fsp3) is 0.500. The van der Waals surface area contributed by atoms with Crippen molar-refractivity contribution in [3.05, 3.63) is 28.2 Å². The van der Waals surface area contributed by atoms with Gasteiger partial charge in [-0.2, -0.15) is 5.26 Å². The van der Waals surface area contributed by atoms with Crippen LogP contribution in [0, 0.1) is 11.3 Å². The first-order valence-corrected chi connectivity index (χ1v) is 7.15. The van der Waals surface area contributed by atoms with Gasteiger partial charge in [0.15, 0.2) is 0 Å². The maximum Gasteiger partial charge on any atom is 0.101 e. The molecule has 0 radical (unpaired) electrons. The molecule has 0 aromatic heterocycles. The van der Waals surface area contributed by atoms with Crippen molar-refractivity contribution in [1.82, 2.24) is 5.32 Å². The summed E-state index contributed by atoms with van der Waals surface area (Å²) in [6.07, 6.45) is 3.52. The van der Waals surface area contributed by atoms with Gasteiger partial charge in [0, 0.05) is 17.6 Å². The molecular formula is C14H18BrN3. The standard InChI is InChI=1S/C14H18BrN3/c1-18(13-3-2-7-17-8-6-13)14-5-4-12(15)9-11(14)10-16/h4-5,9,13,17H,2-3,6-8H2,1H3. The van der Waals surface area contributed by atoms with Crippen LogP contribution in [-0.4, -0.2) is 26.2 Å². The zero-order chi connectivity index (χ0) is 13.0. The average molecular weight is 308 g/mol. The molecule has 1 aliphatic rings.